The van der Waals surface area contributed by atoms with E-state index in [0.717, 1.165) is 0 Å². The van der Waals surface area contributed by atoms with Gasteiger partial charge in [-0.15, -0.1) is 0 Å². The van der Waals surface area contributed by atoms with Crippen molar-refractivity contribution in [3.05, 3.63) is 55.2 Å². The Bertz CT molecular complexity index is 691. The largest absolute Gasteiger partial charge is 2.00 e. The van der Waals surface area contributed by atoms with Crippen LogP contribution in [0.5, 0.6) is 0 Å². The van der Waals surface area contributed by atoms with Gasteiger partial charge in [0.1, 0.15) is 11.1 Å². The molecule has 0 saturated heterocycles. The molecule has 0 aliphatic rings. The van der Waals surface area contributed by atoms with Gasteiger partial charge in [-0.25, -0.2) is 19.2 Å². The van der Waals surface area contributed by atoms with Gasteiger partial charge in [0.15, 0.2) is 0 Å². The van der Waals surface area contributed by atoms with E-state index in [2.05, 4.69) is 0 Å². The Morgan fingerprint density at radius 3 is 1.17 bits per heavy atom. The van der Waals surface area contributed by atoms with Crippen LogP contribution in [0.4, 0.5) is 0 Å². The number of carbonyl (C=O) groups is 4. The van der Waals surface area contributed by atoms with Gasteiger partial charge in [0.05, 0.1) is 26.4 Å². The molecule has 0 saturated carbocycles. The van der Waals surface area contributed by atoms with Crippen molar-refractivity contribution >= 4 is 46.9 Å². The van der Waals surface area contributed by atoms with Crippen molar-refractivity contribution in [2.45, 2.75) is 34.6 Å². The summed E-state index contributed by atoms with van der Waals surface area (Å²) < 4.78 is 19.0. The van der Waals surface area contributed by atoms with Gasteiger partial charge in [-0.05, 0) is 59.0 Å². The number of allylic oxidation sites excluding steroid dienone is 5. The van der Waals surface area contributed by atoms with Crippen LogP contribution in [0.2, 0.25) is 0 Å². The zero-order valence-electron chi connectivity index (χ0n) is 22.1. The first-order chi connectivity index (χ1) is 15.2. The molecule has 0 fully saturated rings. The molecule has 0 amide bonds. The Hall–Kier alpha value is -2.30. The predicted molar refractivity (Wildman–Crippen MR) is 133 cm³/mol. The second-order valence-corrected chi connectivity index (χ2v) is 5.87. The number of nitrogens with zero attached hydrogens (tertiary/aromatic N) is 1. The summed E-state index contributed by atoms with van der Waals surface area (Å²) in [5.74, 6) is -2.66. The van der Waals surface area contributed by atoms with Crippen LogP contribution in [0.3, 0.4) is 0 Å². The second-order valence-electron chi connectivity index (χ2n) is 5.87. The average Bonchev–Trinajstić information content (AvgIpc) is 2.72. The molecule has 0 aromatic carbocycles. The fraction of sp³-hybridized carbons (Fsp3) is 0.458. The summed E-state index contributed by atoms with van der Waals surface area (Å²) in [5, 5.41) is 0. The standard InChI is InChI=1S/C12H19NO4.C11H16O4.CH3.ClH.Mg/c1-5-16-11(14)10(12(15)17-6-2)8-7-9-13(3)4;1-4-7-8-9(10(12)14-5-2)11(13)15-6-3;;;/h7-9H,5-6H2,1-4H3;4,7-8H,5-6H2,1-3H3;1H3;1H;/q;;-1;;+2/p-1/b9-7+;7-4+;;;. The molecule has 196 valence electrons. The molecule has 0 N–H and O–H groups in total. The zero-order valence-corrected chi connectivity index (χ0v) is 24.3. The molecule has 0 unspecified atom stereocenters. The molecule has 0 rings (SSSR count). The van der Waals surface area contributed by atoms with Crippen molar-refractivity contribution in [2.24, 2.45) is 0 Å². The molecule has 0 bridgehead atoms. The van der Waals surface area contributed by atoms with Crippen molar-refractivity contribution < 1.29 is 50.5 Å². The van der Waals surface area contributed by atoms with Crippen LogP contribution >= 0.6 is 0 Å². The second kappa shape index (κ2) is 27.9. The molecule has 0 aliphatic carbocycles. The number of halogens is 1. The fourth-order valence-electron chi connectivity index (χ4n) is 1.78. The number of hydrogen-bond donors (Lipinski definition) is 0. The van der Waals surface area contributed by atoms with Gasteiger partial charge in [0, 0.05) is 14.1 Å². The fourth-order valence-corrected chi connectivity index (χ4v) is 1.78. The molecule has 0 aromatic heterocycles. The first-order valence-electron chi connectivity index (χ1n) is 10.3. The molecule has 0 radical (unpaired) electrons. The first-order valence-corrected chi connectivity index (χ1v) is 10.3. The predicted octanol–water partition coefficient (Wildman–Crippen LogP) is -0.197. The number of esters is 4. The Labute approximate surface area is 232 Å². The summed E-state index contributed by atoms with van der Waals surface area (Å²) >= 11 is 0. The Morgan fingerprint density at radius 2 is 0.943 bits per heavy atom. The third-order valence-electron chi connectivity index (χ3n) is 3.08. The molecule has 0 aromatic rings. The van der Waals surface area contributed by atoms with Crippen molar-refractivity contribution in [3.63, 3.8) is 0 Å². The van der Waals surface area contributed by atoms with Crippen molar-refractivity contribution in [1.82, 2.24) is 4.90 Å². The van der Waals surface area contributed by atoms with Crippen molar-refractivity contribution in [3.8, 4) is 0 Å². The number of carbonyl (C=O) groups excluding carboxylic acids is 4. The minimum atomic E-state index is -0.672. The summed E-state index contributed by atoms with van der Waals surface area (Å²) in [5.41, 5.74) is -0.191. The van der Waals surface area contributed by atoms with Crippen LogP contribution in [0, 0.1) is 7.43 Å². The first kappa shape index (κ1) is 42.8. The molecular weight excluding hydrogens is 490 g/mol. The number of ether oxygens (including phenoxy) is 4. The zero-order chi connectivity index (χ0) is 24.9. The molecule has 0 aliphatic heterocycles. The minimum Gasteiger partial charge on any atom is -1.00 e. The maximum Gasteiger partial charge on any atom is 2.00 e. The maximum absolute atomic E-state index is 11.5. The van der Waals surface area contributed by atoms with Crippen LogP contribution in [0.15, 0.2) is 47.7 Å². The third-order valence-corrected chi connectivity index (χ3v) is 3.08. The summed E-state index contributed by atoms with van der Waals surface area (Å²) in [7, 11) is 3.66. The normalized spacial score (nSPS) is 9.00. The Balaban J connectivity index is -0.000000159. The quantitative estimate of drug-likeness (QED) is 0.0527. The van der Waals surface area contributed by atoms with Crippen LogP contribution in [0.1, 0.15) is 34.6 Å². The molecule has 11 heteroatoms. The summed E-state index contributed by atoms with van der Waals surface area (Å²) in [6.07, 6.45) is 9.36. The van der Waals surface area contributed by atoms with Crippen molar-refractivity contribution in [1.29, 1.82) is 0 Å². The van der Waals surface area contributed by atoms with Crippen LogP contribution in [0.25, 0.3) is 0 Å². The van der Waals surface area contributed by atoms with Gasteiger partial charge in [0.25, 0.3) is 0 Å². The van der Waals surface area contributed by atoms with Gasteiger partial charge < -0.3 is 43.7 Å². The topological polar surface area (TPSA) is 108 Å². The van der Waals surface area contributed by atoms with Crippen molar-refractivity contribution in [2.75, 3.05) is 40.5 Å². The summed E-state index contributed by atoms with van der Waals surface area (Å²) in [6.45, 7) is 9.38. The molecule has 9 nitrogen and oxygen atoms in total. The van der Waals surface area contributed by atoms with E-state index in [1.165, 1.54) is 12.2 Å². The van der Waals surface area contributed by atoms with Crippen LogP contribution in [-0.2, 0) is 38.1 Å². The van der Waals surface area contributed by atoms with E-state index in [0.29, 0.717) is 0 Å². The van der Waals surface area contributed by atoms with E-state index in [1.807, 2.05) is 14.1 Å². The van der Waals surface area contributed by atoms with Crippen LogP contribution < -0.4 is 12.4 Å². The molecule has 35 heavy (non-hydrogen) atoms. The van der Waals surface area contributed by atoms with E-state index in [4.69, 9.17) is 18.9 Å². The van der Waals surface area contributed by atoms with E-state index < -0.39 is 23.9 Å². The van der Waals surface area contributed by atoms with Gasteiger partial charge in [-0.1, -0.05) is 12.2 Å². The smallest absolute Gasteiger partial charge is 1.00 e. The van der Waals surface area contributed by atoms with Gasteiger partial charge >= 0.3 is 46.9 Å². The van der Waals surface area contributed by atoms with Crippen LogP contribution in [-0.4, -0.2) is 92.4 Å². The minimum absolute atomic E-state index is 0. The maximum atomic E-state index is 11.5. The molecule has 0 atom stereocenters. The summed E-state index contributed by atoms with van der Waals surface area (Å²) in [4.78, 5) is 47.5. The summed E-state index contributed by atoms with van der Waals surface area (Å²) in [6, 6.07) is 0. The Morgan fingerprint density at radius 1 is 0.657 bits per heavy atom. The molecular formula is C24H38ClMgNO8. The number of hydrogen-bond acceptors (Lipinski definition) is 9. The van der Waals surface area contributed by atoms with E-state index in [-0.39, 0.29) is 80.5 Å². The molecule has 0 heterocycles. The monoisotopic (exact) mass is 527 g/mol. The van der Waals surface area contributed by atoms with Gasteiger partial charge in [-0.2, -0.15) is 0 Å². The Kier molecular flexibility index (Phi) is 34.2. The average molecular weight is 528 g/mol. The van der Waals surface area contributed by atoms with Gasteiger partial charge in [0.2, 0.25) is 0 Å². The van der Waals surface area contributed by atoms with Gasteiger partial charge in [-0.3, -0.25) is 0 Å². The van der Waals surface area contributed by atoms with E-state index in [9.17, 15) is 19.2 Å². The third kappa shape index (κ3) is 21.9. The van der Waals surface area contributed by atoms with E-state index >= 15 is 0 Å². The number of rotatable bonds is 11. The van der Waals surface area contributed by atoms with E-state index in [1.54, 1.807) is 63.9 Å². The molecule has 0 spiro atoms. The SMILES string of the molecule is C/C=C/C=C(C(=O)OCC)C(=O)OCC.CCOC(=O)C(=C/C=C/N(C)C)C(=O)OCC.[CH3-].[Cl-].[Mg+2].